The molecule has 266 valence electrons. The van der Waals surface area contributed by atoms with E-state index in [0.29, 0.717) is 52.8 Å². The summed E-state index contributed by atoms with van der Waals surface area (Å²) in [6.45, 7) is 21.4. The molecule has 7 fully saturated rings. The third kappa shape index (κ3) is 5.39. The molecule has 8 rings (SSSR count). The van der Waals surface area contributed by atoms with Crippen LogP contribution in [0.5, 0.6) is 0 Å². The van der Waals surface area contributed by atoms with Crippen molar-refractivity contribution in [3.8, 4) is 0 Å². The molecule has 4 heterocycles. The molecule has 15 unspecified atom stereocenters. The van der Waals surface area contributed by atoms with E-state index in [2.05, 4.69) is 61.5 Å². The molecular formula is C42H68O5. The van der Waals surface area contributed by atoms with E-state index in [1.54, 1.807) is 5.57 Å². The van der Waals surface area contributed by atoms with E-state index in [1.807, 2.05) is 0 Å². The van der Waals surface area contributed by atoms with Gasteiger partial charge in [0.15, 0.2) is 18.4 Å². The van der Waals surface area contributed by atoms with Gasteiger partial charge >= 0.3 is 0 Å². The van der Waals surface area contributed by atoms with Gasteiger partial charge in [-0.1, -0.05) is 66.5 Å². The van der Waals surface area contributed by atoms with Crippen LogP contribution < -0.4 is 0 Å². The number of hydrogen-bond acceptors (Lipinski definition) is 5. The van der Waals surface area contributed by atoms with Crippen molar-refractivity contribution in [1.29, 1.82) is 0 Å². The van der Waals surface area contributed by atoms with Gasteiger partial charge < -0.3 is 23.7 Å². The zero-order chi connectivity index (χ0) is 32.9. The van der Waals surface area contributed by atoms with E-state index in [-0.39, 0.29) is 36.0 Å². The van der Waals surface area contributed by atoms with Crippen LogP contribution in [0.2, 0.25) is 0 Å². The highest BCUT2D eigenvalue weighted by Crippen LogP contribution is 2.65. The molecule has 4 aliphatic carbocycles. The van der Waals surface area contributed by atoms with E-state index >= 15 is 0 Å². The average Bonchev–Trinajstić information content (AvgIpc) is 3.26. The summed E-state index contributed by atoms with van der Waals surface area (Å²) in [4.78, 5) is 0. The van der Waals surface area contributed by atoms with E-state index < -0.39 is 0 Å². The Labute approximate surface area is 287 Å². The first-order valence-electron chi connectivity index (χ1n) is 20.4. The molecule has 0 aromatic heterocycles. The molecule has 8 aliphatic rings. The minimum atomic E-state index is -0.383. The zero-order valence-electron chi connectivity index (χ0n) is 31.2. The van der Waals surface area contributed by atoms with Gasteiger partial charge in [0.05, 0.1) is 25.4 Å². The Hall–Kier alpha value is -0.460. The molecule has 0 bridgehead atoms. The first-order chi connectivity index (χ1) is 22.4. The summed E-state index contributed by atoms with van der Waals surface area (Å²) in [5.41, 5.74) is 2.26. The Morgan fingerprint density at radius 3 is 2.30 bits per heavy atom. The topological polar surface area (TPSA) is 46.2 Å². The maximum atomic E-state index is 7.06. The Bertz CT molecular complexity index is 1180. The summed E-state index contributed by atoms with van der Waals surface area (Å²) in [6.07, 6.45) is 17.6. The highest BCUT2D eigenvalue weighted by Gasteiger charge is 2.61. The Kier molecular flexibility index (Phi) is 8.85. The Balaban J connectivity index is 0.978. The van der Waals surface area contributed by atoms with Crippen molar-refractivity contribution in [1.82, 2.24) is 0 Å². The number of rotatable bonds is 2. The van der Waals surface area contributed by atoms with E-state index in [0.717, 1.165) is 56.7 Å². The van der Waals surface area contributed by atoms with Crippen molar-refractivity contribution >= 4 is 0 Å². The first-order valence-corrected chi connectivity index (χ1v) is 20.4. The number of fused-ring (bicyclic) bond motifs is 5. The molecule has 0 aromatic rings. The molecule has 3 saturated carbocycles. The highest BCUT2D eigenvalue weighted by atomic mass is 16.8. The van der Waals surface area contributed by atoms with E-state index in [1.165, 1.54) is 51.4 Å². The van der Waals surface area contributed by atoms with Crippen LogP contribution in [0.25, 0.3) is 0 Å². The fourth-order valence-corrected chi connectivity index (χ4v) is 13.4. The SMILES string of the molecule is CC1CCC2(OC1)OCC1C3CC=C4CC(OC5OC6OC(C)CCC7C6C(CC[C@H]7C)[C@H]5C)CCC4(C)C3CCC1(C)C(C)[C@@H]2C. The maximum Gasteiger partial charge on any atom is 0.171 e. The summed E-state index contributed by atoms with van der Waals surface area (Å²) >= 11 is 0. The predicted octanol–water partition coefficient (Wildman–Crippen LogP) is 9.78. The second-order valence-corrected chi connectivity index (χ2v) is 19.2. The largest absolute Gasteiger partial charge is 0.349 e. The standard InChI is InChI=1S/C42H68O5/c1-24-15-20-42(43-22-24)29(6)28(5)40(7)19-17-35-34(36(40)23-44-42)14-11-30-21-31(16-18-41(30,35)8)46-38-27(4)33-12-9-25(2)32-13-10-26(3)45-39(47-38)37(32)33/h11,24-29,31-39H,9-10,12-23H2,1-8H3/t24?,25-,26?,27-,28?,29+,31?,32?,33?,34?,35?,36?,37?,38?,39?,40?,41?,42?/m1/s1. The van der Waals surface area contributed by atoms with Gasteiger partial charge in [-0.3, -0.25) is 0 Å². The molecule has 4 aliphatic heterocycles. The molecule has 4 saturated heterocycles. The quantitative estimate of drug-likeness (QED) is 0.278. The van der Waals surface area contributed by atoms with Crippen LogP contribution in [0.1, 0.15) is 132 Å². The smallest absolute Gasteiger partial charge is 0.171 e. The van der Waals surface area contributed by atoms with Gasteiger partial charge in [-0.15, -0.1) is 0 Å². The summed E-state index contributed by atoms with van der Waals surface area (Å²) < 4.78 is 34.2. The van der Waals surface area contributed by atoms with E-state index in [4.69, 9.17) is 23.7 Å². The molecule has 18 atom stereocenters. The molecule has 47 heavy (non-hydrogen) atoms. The molecule has 1 spiro atoms. The summed E-state index contributed by atoms with van der Waals surface area (Å²) in [6, 6.07) is 0. The van der Waals surface area contributed by atoms with Gasteiger partial charge in [0.2, 0.25) is 0 Å². The maximum absolute atomic E-state index is 7.06. The minimum absolute atomic E-state index is 0.0973. The van der Waals surface area contributed by atoms with Crippen molar-refractivity contribution in [2.75, 3.05) is 13.2 Å². The van der Waals surface area contributed by atoms with E-state index in [9.17, 15) is 0 Å². The number of hydrogen-bond donors (Lipinski definition) is 0. The van der Waals surface area contributed by atoms with Crippen molar-refractivity contribution in [3.05, 3.63) is 11.6 Å². The lowest BCUT2D eigenvalue weighted by atomic mass is 9.45. The lowest BCUT2D eigenvalue weighted by Gasteiger charge is -2.60. The second kappa shape index (κ2) is 12.3. The summed E-state index contributed by atoms with van der Waals surface area (Å²) in [5.74, 6) is 6.42. The molecule has 0 aromatic carbocycles. The summed E-state index contributed by atoms with van der Waals surface area (Å²) in [7, 11) is 0. The normalized spacial score (nSPS) is 57.8. The van der Waals surface area contributed by atoms with Gasteiger partial charge in [-0.05, 0) is 129 Å². The van der Waals surface area contributed by atoms with Gasteiger partial charge in [-0.25, -0.2) is 0 Å². The Morgan fingerprint density at radius 2 is 1.51 bits per heavy atom. The van der Waals surface area contributed by atoms with Crippen LogP contribution in [-0.4, -0.2) is 43.8 Å². The van der Waals surface area contributed by atoms with Crippen molar-refractivity contribution < 1.29 is 23.7 Å². The van der Waals surface area contributed by atoms with Gasteiger partial charge in [0.25, 0.3) is 0 Å². The fourth-order valence-electron chi connectivity index (χ4n) is 13.4. The lowest BCUT2D eigenvalue weighted by molar-refractivity contribution is -0.343. The monoisotopic (exact) mass is 653 g/mol. The third-order valence-electron chi connectivity index (χ3n) is 17.0. The lowest BCUT2D eigenvalue weighted by Crippen LogP contribution is -2.55. The third-order valence-corrected chi connectivity index (χ3v) is 17.0. The van der Waals surface area contributed by atoms with Crippen LogP contribution in [0.15, 0.2) is 11.6 Å². The van der Waals surface area contributed by atoms with Gasteiger partial charge in [0.1, 0.15) is 0 Å². The second-order valence-electron chi connectivity index (χ2n) is 19.2. The minimum Gasteiger partial charge on any atom is -0.349 e. The molecule has 0 amide bonds. The van der Waals surface area contributed by atoms with Gasteiger partial charge in [0, 0.05) is 24.2 Å². The summed E-state index contributed by atoms with van der Waals surface area (Å²) in [5, 5.41) is 0. The van der Waals surface area contributed by atoms with Crippen molar-refractivity contribution in [2.24, 2.45) is 75.9 Å². The zero-order valence-corrected chi connectivity index (χ0v) is 31.2. The molecule has 0 N–H and O–H groups in total. The fraction of sp³-hybridized carbons (Fsp3) is 0.952. The van der Waals surface area contributed by atoms with Crippen LogP contribution in [0, 0.1) is 75.9 Å². The van der Waals surface area contributed by atoms with Crippen LogP contribution in [-0.2, 0) is 23.7 Å². The Morgan fingerprint density at radius 1 is 0.723 bits per heavy atom. The van der Waals surface area contributed by atoms with Crippen LogP contribution >= 0.6 is 0 Å². The highest BCUT2D eigenvalue weighted by molar-refractivity contribution is 5.25. The number of allylic oxidation sites excluding steroid dienone is 1. The molecule has 5 heteroatoms. The number of ether oxygens (including phenoxy) is 5. The van der Waals surface area contributed by atoms with Crippen molar-refractivity contribution in [2.45, 2.75) is 163 Å². The van der Waals surface area contributed by atoms with Gasteiger partial charge in [-0.2, -0.15) is 0 Å². The molecule has 0 radical (unpaired) electrons. The van der Waals surface area contributed by atoms with Crippen LogP contribution in [0.4, 0.5) is 0 Å². The first kappa shape index (κ1) is 33.7. The average molecular weight is 653 g/mol. The predicted molar refractivity (Wildman–Crippen MR) is 185 cm³/mol. The molecular weight excluding hydrogens is 584 g/mol. The van der Waals surface area contributed by atoms with Crippen molar-refractivity contribution in [3.63, 3.8) is 0 Å². The molecule has 5 nitrogen and oxygen atoms in total. The van der Waals surface area contributed by atoms with Crippen LogP contribution in [0.3, 0.4) is 0 Å².